The Kier molecular flexibility index (Phi) is 6.08. The average molecular weight is 387 g/mol. The molecule has 2 aromatic carbocycles. The Hall–Kier alpha value is -2.04. The molecule has 4 nitrogen and oxygen atoms in total. The van der Waals surface area contributed by atoms with E-state index in [4.69, 9.17) is 4.74 Å². The highest BCUT2D eigenvalue weighted by Gasteiger charge is 2.39. The van der Waals surface area contributed by atoms with Crippen molar-refractivity contribution in [3.63, 3.8) is 0 Å². The summed E-state index contributed by atoms with van der Waals surface area (Å²) in [6.45, 7) is 2.15. The van der Waals surface area contributed by atoms with Gasteiger partial charge >= 0.3 is 6.09 Å². The smallest absolute Gasteiger partial charge is 0.410 e. The fraction of sp³-hybridized carbons (Fsp3) is 0.409. The molecular formula is C22H27ClN2O2. The quantitative estimate of drug-likeness (QED) is 0.780. The Labute approximate surface area is 167 Å². The number of rotatable bonds is 3. The van der Waals surface area contributed by atoms with Crippen molar-refractivity contribution >= 4 is 18.5 Å². The molecule has 0 bridgehead atoms. The third-order valence-corrected chi connectivity index (χ3v) is 5.71. The minimum absolute atomic E-state index is 0. The van der Waals surface area contributed by atoms with Gasteiger partial charge in [0.15, 0.2) is 0 Å². The maximum absolute atomic E-state index is 12.0. The monoisotopic (exact) mass is 386 g/mol. The number of nitrogens with zero attached hydrogens (tertiary/aromatic N) is 2. The Morgan fingerprint density at radius 3 is 2.63 bits per heavy atom. The van der Waals surface area contributed by atoms with Crippen LogP contribution in [0.15, 0.2) is 48.5 Å². The van der Waals surface area contributed by atoms with Gasteiger partial charge in [0.2, 0.25) is 0 Å². The van der Waals surface area contributed by atoms with Crippen LogP contribution in [-0.2, 0) is 13.0 Å². The Morgan fingerprint density at radius 1 is 1.11 bits per heavy atom. The van der Waals surface area contributed by atoms with Crippen LogP contribution in [0.3, 0.4) is 0 Å². The van der Waals surface area contributed by atoms with E-state index in [1.807, 2.05) is 12.1 Å². The number of halogens is 1. The number of hydrogen-bond donors (Lipinski definition) is 0. The predicted octanol–water partition coefficient (Wildman–Crippen LogP) is 4.47. The molecule has 0 spiro atoms. The maximum atomic E-state index is 12.0. The van der Waals surface area contributed by atoms with Gasteiger partial charge in [0.25, 0.3) is 0 Å². The normalized spacial score (nSPS) is 21.0. The lowest BCUT2D eigenvalue weighted by Crippen LogP contribution is -2.35. The molecule has 5 heteroatoms. The number of hydrogen-bond acceptors (Lipinski definition) is 3. The van der Waals surface area contributed by atoms with Gasteiger partial charge in [-0.1, -0.05) is 42.5 Å². The van der Waals surface area contributed by atoms with Crippen LogP contribution >= 0.6 is 12.4 Å². The van der Waals surface area contributed by atoms with Gasteiger partial charge in [-0.15, -0.1) is 12.4 Å². The summed E-state index contributed by atoms with van der Waals surface area (Å²) in [5.74, 6) is 1.28. The number of ether oxygens (including phenoxy) is 1. The van der Waals surface area contributed by atoms with Crippen LogP contribution in [0.5, 0.6) is 5.75 Å². The number of carbonyl (C=O) groups excluding carboxylic acids is 1. The van der Waals surface area contributed by atoms with Crippen LogP contribution in [0.1, 0.15) is 35.4 Å². The van der Waals surface area contributed by atoms with Crippen LogP contribution in [-0.4, -0.2) is 42.6 Å². The first kappa shape index (κ1) is 19.7. The van der Waals surface area contributed by atoms with Crippen LogP contribution in [0.25, 0.3) is 0 Å². The molecule has 0 saturated carbocycles. The molecule has 2 unspecified atom stereocenters. The molecular weight excluding hydrogens is 360 g/mol. The van der Waals surface area contributed by atoms with Crippen LogP contribution in [0.4, 0.5) is 4.79 Å². The van der Waals surface area contributed by atoms with E-state index in [1.54, 1.807) is 14.1 Å². The summed E-state index contributed by atoms with van der Waals surface area (Å²) in [5.41, 5.74) is 3.99. The fourth-order valence-electron chi connectivity index (χ4n) is 4.45. The Bertz CT molecular complexity index is 794. The minimum Gasteiger partial charge on any atom is -0.410 e. The molecule has 1 saturated heterocycles. The van der Waals surface area contributed by atoms with E-state index < -0.39 is 0 Å². The summed E-state index contributed by atoms with van der Waals surface area (Å²) in [5, 5.41) is 0. The van der Waals surface area contributed by atoms with Crippen LogP contribution in [0.2, 0.25) is 0 Å². The van der Waals surface area contributed by atoms with Gasteiger partial charge in [0, 0.05) is 32.6 Å². The summed E-state index contributed by atoms with van der Waals surface area (Å²) >= 11 is 0. The van der Waals surface area contributed by atoms with Gasteiger partial charge in [-0.2, -0.15) is 0 Å². The molecule has 27 heavy (non-hydrogen) atoms. The van der Waals surface area contributed by atoms with Crippen molar-refractivity contribution in [1.82, 2.24) is 9.80 Å². The molecule has 4 rings (SSSR count). The number of fused-ring (bicyclic) bond motifs is 3. The first-order valence-electron chi connectivity index (χ1n) is 9.42. The van der Waals surface area contributed by atoms with Gasteiger partial charge in [0.05, 0.1) is 0 Å². The third kappa shape index (κ3) is 3.97. The van der Waals surface area contributed by atoms with Gasteiger partial charge in [-0.3, -0.25) is 4.90 Å². The molecule has 1 amide bonds. The van der Waals surface area contributed by atoms with Crippen molar-refractivity contribution in [2.45, 2.75) is 37.8 Å². The molecule has 0 radical (unpaired) electrons. The number of carbonyl (C=O) groups is 1. The third-order valence-electron chi connectivity index (χ3n) is 5.71. The molecule has 2 aromatic rings. The standard InChI is InChI=1S/C22H26N2O2.ClH/c1-23(2)22(25)26-21-10-6-9-17-18-13-14-24(20(18)12-11-19(17)21)15-16-7-4-3-5-8-16;/h3-10,18,20H,11-15H2,1-2H3;1H. The zero-order chi connectivity index (χ0) is 18.1. The topological polar surface area (TPSA) is 32.8 Å². The molecule has 1 aliphatic heterocycles. The second-order valence-corrected chi connectivity index (χ2v) is 7.54. The van der Waals surface area contributed by atoms with Crippen molar-refractivity contribution in [2.24, 2.45) is 0 Å². The summed E-state index contributed by atoms with van der Waals surface area (Å²) in [7, 11) is 3.43. The average Bonchev–Trinajstić information content (AvgIpc) is 3.06. The first-order valence-corrected chi connectivity index (χ1v) is 9.42. The lowest BCUT2D eigenvalue weighted by atomic mass is 9.79. The largest absolute Gasteiger partial charge is 0.414 e. The summed E-state index contributed by atoms with van der Waals surface area (Å²) in [6.07, 6.45) is 2.97. The molecule has 1 aliphatic carbocycles. The van der Waals surface area contributed by atoms with E-state index in [1.165, 1.54) is 28.0 Å². The second-order valence-electron chi connectivity index (χ2n) is 7.54. The molecule has 2 aliphatic rings. The van der Waals surface area contributed by atoms with Crippen molar-refractivity contribution in [3.8, 4) is 5.75 Å². The molecule has 144 valence electrons. The minimum atomic E-state index is -0.308. The second kappa shape index (κ2) is 8.32. The van der Waals surface area contributed by atoms with Crippen molar-refractivity contribution in [1.29, 1.82) is 0 Å². The lowest BCUT2D eigenvalue weighted by Gasteiger charge is -2.34. The van der Waals surface area contributed by atoms with Gasteiger partial charge < -0.3 is 9.64 Å². The van der Waals surface area contributed by atoms with Crippen molar-refractivity contribution in [2.75, 3.05) is 20.6 Å². The van der Waals surface area contributed by atoms with Crippen LogP contribution in [0, 0.1) is 0 Å². The van der Waals surface area contributed by atoms with Crippen LogP contribution < -0.4 is 4.74 Å². The highest BCUT2D eigenvalue weighted by molar-refractivity contribution is 5.85. The van der Waals surface area contributed by atoms with E-state index in [0.29, 0.717) is 12.0 Å². The summed E-state index contributed by atoms with van der Waals surface area (Å²) in [4.78, 5) is 16.1. The van der Waals surface area contributed by atoms with Gasteiger partial charge in [0.1, 0.15) is 5.75 Å². The van der Waals surface area contributed by atoms with Crippen molar-refractivity contribution < 1.29 is 9.53 Å². The highest BCUT2D eigenvalue weighted by Crippen LogP contribution is 2.44. The molecule has 0 N–H and O–H groups in total. The SMILES string of the molecule is CN(C)C(=O)Oc1cccc2c1CCC1C2CCN1Cc1ccccc1.Cl. The molecule has 1 heterocycles. The summed E-state index contributed by atoms with van der Waals surface area (Å²) in [6, 6.07) is 17.5. The van der Waals surface area contributed by atoms with E-state index in [9.17, 15) is 4.79 Å². The van der Waals surface area contributed by atoms with Gasteiger partial charge in [-0.05, 0) is 48.6 Å². The van der Waals surface area contributed by atoms with E-state index in [-0.39, 0.29) is 18.5 Å². The zero-order valence-electron chi connectivity index (χ0n) is 15.9. The molecule has 2 atom stereocenters. The maximum Gasteiger partial charge on any atom is 0.414 e. The molecule has 1 fully saturated rings. The highest BCUT2D eigenvalue weighted by atomic mass is 35.5. The van der Waals surface area contributed by atoms with E-state index >= 15 is 0 Å². The summed E-state index contributed by atoms with van der Waals surface area (Å²) < 4.78 is 5.62. The number of likely N-dealkylation sites (tertiary alicyclic amines) is 1. The molecule has 0 aromatic heterocycles. The van der Waals surface area contributed by atoms with Crippen molar-refractivity contribution in [3.05, 3.63) is 65.2 Å². The first-order chi connectivity index (χ1) is 12.6. The number of amides is 1. The van der Waals surface area contributed by atoms with E-state index in [0.717, 1.165) is 31.7 Å². The van der Waals surface area contributed by atoms with Gasteiger partial charge in [-0.25, -0.2) is 4.79 Å². The lowest BCUT2D eigenvalue weighted by molar-refractivity contribution is 0.170. The number of benzene rings is 2. The zero-order valence-corrected chi connectivity index (χ0v) is 16.7. The van der Waals surface area contributed by atoms with E-state index in [2.05, 4.69) is 41.3 Å². The Morgan fingerprint density at radius 2 is 1.89 bits per heavy atom. The predicted molar refractivity (Wildman–Crippen MR) is 110 cm³/mol. The fourth-order valence-corrected chi connectivity index (χ4v) is 4.45. The Balaban J connectivity index is 0.00000210.